The Morgan fingerprint density at radius 3 is 2.83 bits per heavy atom. The number of aryl methyl sites for hydroxylation is 1. The van der Waals surface area contributed by atoms with Crippen molar-refractivity contribution in [3.05, 3.63) is 51.2 Å². The summed E-state index contributed by atoms with van der Waals surface area (Å²) >= 11 is 0. The summed E-state index contributed by atoms with van der Waals surface area (Å²) in [7, 11) is 1.67. The third-order valence-corrected chi connectivity index (χ3v) is 4.10. The van der Waals surface area contributed by atoms with Crippen LogP contribution in [0.3, 0.4) is 0 Å². The Morgan fingerprint density at radius 2 is 2.04 bits per heavy atom. The number of benzene rings is 1. The molecule has 0 saturated heterocycles. The second kappa shape index (κ2) is 6.35. The summed E-state index contributed by atoms with van der Waals surface area (Å²) in [5.74, 6) is 1.79. The van der Waals surface area contributed by atoms with E-state index >= 15 is 0 Å². The highest BCUT2D eigenvalue weighted by Crippen LogP contribution is 2.32. The molecule has 1 amide bonds. The minimum absolute atomic E-state index is 0.0767. The maximum Gasteiger partial charge on any atom is 0.256 e. The van der Waals surface area contributed by atoms with E-state index in [0.29, 0.717) is 35.1 Å². The molecule has 3 rings (SSSR count). The lowest BCUT2D eigenvalue weighted by atomic mass is 10.1. The van der Waals surface area contributed by atoms with E-state index in [0.717, 1.165) is 5.56 Å². The Bertz CT molecular complexity index is 858. The van der Waals surface area contributed by atoms with Crippen molar-refractivity contribution in [2.75, 3.05) is 6.79 Å². The molecule has 1 aromatic carbocycles. The maximum atomic E-state index is 12.2. The van der Waals surface area contributed by atoms with Crippen LogP contribution in [0.25, 0.3) is 0 Å². The first kappa shape index (κ1) is 16.0. The van der Waals surface area contributed by atoms with E-state index in [4.69, 9.17) is 9.47 Å². The zero-order valence-electron chi connectivity index (χ0n) is 13.9. The molecule has 0 radical (unpaired) electrons. The van der Waals surface area contributed by atoms with Gasteiger partial charge >= 0.3 is 0 Å². The fraction of sp³-hybridized carbons (Fsp3) is 0.353. The van der Waals surface area contributed by atoms with Gasteiger partial charge in [-0.3, -0.25) is 14.2 Å². The molecule has 0 aliphatic carbocycles. The van der Waals surface area contributed by atoms with Crippen molar-refractivity contribution >= 4 is 5.91 Å². The molecule has 1 aliphatic heterocycles. The van der Waals surface area contributed by atoms with Gasteiger partial charge in [0.25, 0.3) is 5.56 Å². The molecule has 0 atom stereocenters. The predicted octanol–water partition coefficient (Wildman–Crippen LogP) is 0.985. The Hall–Kier alpha value is -2.83. The van der Waals surface area contributed by atoms with E-state index in [1.807, 2.05) is 18.2 Å². The van der Waals surface area contributed by atoms with Crippen molar-refractivity contribution in [2.24, 2.45) is 7.05 Å². The molecular weight excluding hydrogens is 310 g/mol. The summed E-state index contributed by atoms with van der Waals surface area (Å²) in [5.41, 5.74) is 1.80. The lowest BCUT2D eigenvalue weighted by Crippen LogP contribution is -2.29. The van der Waals surface area contributed by atoms with Crippen molar-refractivity contribution in [3.8, 4) is 11.5 Å². The molecule has 126 valence electrons. The van der Waals surface area contributed by atoms with Crippen LogP contribution in [-0.2, 0) is 24.8 Å². The van der Waals surface area contributed by atoms with E-state index in [1.54, 1.807) is 20.9 Å². The molecule has 7 nitrogen and oxygen atoms in total. The molecule has 0 bridgehead atoms. The van der Waals surface area contributed by atoms with Gasteiger partial charge in [0.2, 0.25) is 12.7 Å². The Kier molecular flexibility index (Phi) is 4.24. The van der Waals surface area contributed by atoms with Crippen LogP contribution in [0.4, 0.5) is 0 Å². The molecule has 0 spiro atoms. The van der Waals surface area contributed by atoms with Crippen LogP contribution in [0, 0.1) is 13.8 Å². The number of rotatable bonds is 4. The minimum Gasteiger partial charge on any atom is -0.454 e. The van der Waals surface area contributed by atoms with Crippen LogP contribution < -0.4 is 20.3 Å². The third kappa shape index (κ3) is 3.10. The van der Waals surface area contributed by atoms with Crippen molar-refractivity contribution in [2.45, 2.75) is 26.8 Å². The first-order valence-corrected chi connectivity index (χ1v) is 7.64. The Labute approximate surface area is 139 Å². The van der Waals surface area contributed by atoms with E-state index in [9.17, 15) is 9.59 Å². The highest BCUT2D eigenvalue weighted by atomic mass is 16.7. The highest BCUT2D eigenvalue weighted by molar-refractivity contribution is 5.78. The van der Waals surface area contributed by atoms with E-state index in [2.05, 4.69) is 10.3 Å². The molecule has 0 fully saturated rings. The summed E-state index contributed by atoms with van der Waals surface area (Å²) in [6.45, 7) is 4.03. The van der Waals surface area contributed by atoms with Gasteiger partial charge in [0.1, 0.15) is 5.82 Å². The topological polar surface area (TPSA) is 82.4 Å². The normalized spacial score (nSPS) is 12.3. The average molecular weight is 329 g/mol. The molecule has 24 heavy (non-hydrogen) atoms. The largest absolute Gasteiger partial charge is 0.454 e. The molecule has 1 aromatic heterocycles. The smallest absolute Gasteiger partial charge is 0.256 e. The summed E-state index contributed by atoms with van der Waals surface area (Å²) in [5, 5.41) is 2.84. The van der Waals surface area contributed by atoms with Crippen LogP contribution in [0.5, 0.6) is 11.5 Å². The van der Waals surface area contributed by atoms with E-state index in [1.165, 1.54) is 4.57 Å². The van der Waals surface area contributed by atoms with Gasteiger partial charge < -0.3 is 14.8 Å². The average Bonchev–Trinajstić information content (AvgIpc) is 3.03. The Morgan fingerprint density at radius 1 is 1.29 bits per heavy atom. The number of nitrogens with one attached hydrogen (secondary N) is 1. The van der Waals surface area contributed by atoms with Gasteiger partial charge in [0.05, 0.1) is 12.1 Å². The molecule has 0 unspecified atom stereocenters. The molecule has 2 aromatic rings. The number of carbonyl (C=O) groups excluding carboxylic acids is 1. The number of amides is 1. The number of carbonyl (C=O) groups is 1. The third-order valence-electron chi connectivity index (χ3n) is 4.10. The van der Waals surface area contributed by atoms with Gasteiger partial charge in [-0.1, -0.05) is 6.07 Å². The first-order valence-electron chi connectivity index (χ1n) is 7.64. The summed E-state index contributed by atoms with van der Waals surface area (Å²) in [4.78, 5) is 28.5. The Balaban J connectivity index is 1.65. The van der Waals surface area contributed by atoms with Gasteiger partial charge in [-0.2, -0.15) is 0 Å². The second-order valence-corrected chi connectivity index (χ2v) is 5.74. The van der Waals surface area contributed by atoms with Crippen molar-refractivity contribution in [3.63, 3.8) is 0 Å². The summed E-state index contributed by atoms with van der Waals surface area (Å²) in [6, 6.07) is 5.54. The van der Waals surface area contributed by atoms with Crippen LogP contribution in [0.2, 0.25) is 0 Å². The number of hydrogen-bond donors (Lipinski definition) is 1. The maximum absolute atomic E-state index is 12.2. The molecule has 1 N–H and O–H groups in total. The lowest BCUT2D eigenvalue weighted by molar-refractivity contribution is -0.120. The van der Waals surface area contributed by atoms with Crippen LogP contribution in [-0.4, -0.2) is 22.3 Å². The van der Waals surface area contributed by atoms with Gasteiger partial charge in [0.15, 0.2) is 11.5 Å². The quantitative estimate of drug-likeness (QED) is 0.904. The van der Waals surface area contributed by atoms with Gasteiger partial charge in [-0.05, 0) is 31.5 Å². The zero-order valence-corrected chi connectivity index (χ0v) is 13.9. The molecule has 7 heteroatoms. The summed E-state index contributed by atoms with van der Waals surface area (Å²) < 4.78 is 12.0. The lowest BCUT2D eigenvalue weighted by Gasteiger charge is -2.10. The minimum atomic E-state index is -0.184. The SMILES string of the molecule is Cc1c(CC(=O)NCc2ccc3c(c2)OCO3)nc(C)n(C)c1=O. The predicted molar refractivity (Wildman–Crippen MR) is 87.1 cm³/mol. The molecular formula is C17H19N3O4. The zero-order chi connectivity index (χ0) is 17.3. The van der Waals surface area contributed by atoms with Crippen LogP contribution in [0.15, 0.2) is 23.0 Å². The van der Waals surface area contributed by atoms with Crippen LogP contribution >= 0.6 is 0 Å². The number of nitrogens with zero attached hydrogens (tertiary/aromatic N) is 2. The molecule has 0 saturated carbocycles. The summed E-state index contributed by atoms with van der Waals surface area (Å²) in [6.07, 6.45) is 0.0767. The van der Waals surface area contributed by atoms with Gasteiger partial charge in [-0.15, -0.1) is 0 Å². The van der Waals surface area contributed by atoms with Crippen molar-refractivity contribution in [1.29, 1.82) is 0 Å². The van der Waals surface area contributed by atoms with E-state index < -0.39 is 0 Å². The standard InChI is InChI=1S/C17H19N3O4/c1-10-13(19-11(2)20(3)17(10)22)7-16(21)18-8-12-4-5-14-15(6-12)24-9-23-14/h4-6H,7-9H2,1-3H3,(H,18,21). The fourth-order valence-corrected chi connectivity index (χ4v) is 2.51. The van der Waals surface area contributed by atoms with Gasteiger partial charge in [0, 0.05) is 19.2 Å². The first-order chi connectivity index (χ1) is 11.5. The monoisotopic (exact) mass is 329 g/mol. The van der Waals surface area contributed by atoms with Crippen molar-refractivity contribution < 1.29 is 14.3 Å². The van der Waals surface area contributed by atoms with E-state index in [-0.39, 0.29) is 24.7 Å². The number of ether oxygens (including phenoxy) is 2. The number of aromatic nitrogens is 2. The van der Waals surface area contributed by atoms with Crippen LogP contribution in [0.1, 0.15) is 22.6 Å². The van der Waals surface area contributed by atoms with Crippen molar-refractivity contribution in [1.82, 2.24) is 14.9 Å². The number of fused-ring (bicyclic) bond motifs is 1. The molecule has 2 heterocycles. The highest BCUT2D eigenvalue weighted by Gasteiger charge is 2.15. The van der Waals surface area contributed by atoms with Gasteiger partial charge in [-0.25, -0.2) is 4.98 Å². The second-order valence-electron chi connectivity index (χ2n) is 5.74. The number of hydrogen-bond acceptors (Lipinski definition) is 5. The molecule has 1 aliphatic rings. The fourth-order valence-electron chi connectivity index (χ4n) is 2.51.